The third kappa shape index (κ3) is 7.85. The summed E-state index contributed by atoms with van der Waals surface area (Å²) >= 11 is 0. The number of rotatable bonds is 11. The van der Waals surface area contributed by atoms with Crippen LogP contribution in [0.2, 0.25) is 0 Å². The van der Waals surface area contributed by atoms with Crippen LogP contribution in [0.25, 0.3) is 0 Å². The minimum atomic E-state index is -0.360. The number of ether oxygens (including phenoxy) is 2. The van der Waals surface area contributed by atoms with Gasteiger partial charge >= 0.3 is 5.97 Å². The summed E-state index contributed by atoms with van der Waals surface area (Å²) < 4.78 is 9.95. The van der Waals surface area contributed by atoms with Gasteiger partial charge in [0.2, 0.25) is 0 Å². The topological polar surface area (TPSA) is 84.9 Å². The molecule has 134 valence electrons. The number of esters is 1. The molecule has 0 aliphatic carbocycles. The molecule has 24 heavy (non-hydrogen) atoms. The van der Waals surface area contributed by atoms with Crippen LogP contribution < -0.4 is 10.1 Å². The second-order valence-corrected chi connectivity index (χ2v) is 5.61. The highest BCUT2D eigenvalue weighted by atomic mass is 16.5. The predicted molar refractivity (Wildman–Crippen MR) is 90.8 cm³/mol. The fourth-order valence-corrected chi connectivity index (χ4v) is 2.17. The Morgan fingerprint density at radius 2 is 1.92 bits per heavy atom. The minimum Gasteiger partial charge on any atom is -0.504 e. The molecule has 0 radical (unpaired) electrons. The first kappa shape index (κ1) is 19.8. The molecule has 0 aliphatic heterocycles. The van der Waals surface area contributed by atoms with E-state index >= 15 is 0 Å². The lowest BCUT2D eigenvalue weighted by atomic mass is 10.1. The van der Waals surface area contributed by atoms with Gasteiger partial charge in [0.25, 0.3) is 5.91 Å². The first-order valence-corrected chi connectivity index (χ1v) is 8.35. The fourth-order valence-electron chi connectivity index (χ4n) is 2.17. The van der Waals surface area contributed by atoms with Crippen molar-refractivity contribution in [2.75, 3.05) is 13.7 Å². The van der Waals surface area contributed by atoms with Gasteiger partial charge in [0.15, 0.2) is 18.1 Å². The van der Waals surface area contributed by atoms with Crippen molar-refractivity contribution >= 4 is 11.9 Å². The van der Waals surface area contributed by atoms with Gasteiger partial charge in [-0.2, -0.15) is 0 Å². The van der Waals surface area contributed by atoms with Crippen molar-refractivity contribution < 1.29 is 24.2 Å². The van der Waals surface area contributed by atoms with Gasteiger partial charge in [-0.25, -0.2) is 0 Å². The molecular weight excluding hydrogens is 310 g/mol. The summed E-state index contributed by atoms with van der Waals surface area (Å²) in [6.07, 6.45) is 5.63. The maximum atomic E-state index is 11.7. The molecule has 1 aromatic rings. The SMILES string of the molecule is CCCCCCCC(=O)OCC(=O)NCc1ccc(O)c(OC)c1. The van der Waals surface area contributed by atoms with Crippen LogP contribution in [-0.4, -0.2) is 30.7 Å². The quantitative estimate of drug-likeness (QED) is 0.479. The molecule has 6 nitrogen and oxygen atoms in total. The van der Waals surface area contributed by atoms with Crippen molar-refractivity contribution in [2.24, 2.45) is 0 Å². The number of phenolic OH excluding ortho intramolecular Hbond substituents is 1. The lowest BCUT2D eigenvalue weighted by Crippen LogP contribution is -2.28. The zero-order valence-corrected chi connectivity index (χ0v) is 14.5. The Kier molecular flexibility index (Phi) is 9.34. The largest absolute Gasteiger partial charge is 0.504 e. The summed E-state index contributed by atoms with van der Waals surface area (Å²) in [4.78, 5) is 23.2. The number of unbranched alkanes of at least 4 members (excludes halogenated alkanes) is 4. The first-order chi connectivity index (χ1) is 11.6. The molecule has 2 N–H and O–H groups in total. The molecule has 1 rings (SSSR count). The lowest BCUT2D eigenvalue weighted by molar-refractivity contribution is -0.148. The van der Waals surface area contributed by atoms with Gasteiger partial charge in [-0.15, -0.1) is 0 Å². The van der Waals surface area contributed by atoms with Crippen molar-refractivity contribution in [3.63, 3.8) is 0 Å². The second-order valence-electron chi connectivity index (χ2n) is 5.61. The highest BCUT2D eigenvalue weighted by molar-refractivity contribution is 5.80. The number of carbonyl (C=O) groups is 2. The van der Waals surface area contributed by atoms with E-state index in [1.807, 2.05) is 0 Å². The van der Waals surface area contributed by atoms with Crippen molar-refractivity contribution in [3.05, 3.63) is 23.8 Å². The van der Waals surface area contributed by atoms with Crippen LogP contribution in [0.4, 0.5) is 0 Å². The lowest BCUT2D eigenvalue weighted by Gasteiger charge is -2.09. The first-order valence-electron chi connectivity index (χ1n) is 8.35. The third-order valence-corrected chi connectivity index (χ3v) is 3.58. The molecule has 0 fully saturated rings. The Bertz CT molecular complexity index is 530. The average molecular weight is 337 g/mol. The Morgan fingerprint density at radius 1 is 1.17 bits per heavy atom. The van der Waals surface area contributed by atoms with Gasteiger partial charge in [0.05, 0.1) is 7.11 Å². The van der Waals surface area contributed by atoms with E-state index in [2.05, 4.69) is 12.2 Å². The fraction of sp³-hybridized carbons (Fsp3) is 0.556. The van der Waals surface area contributed by atoms with E-state index in [0.717, 1.165) is 31.2 Å². The van der Waals surface area contributed by atoms with Gasteiger partial charge < -0.3 is 19.9 Å². The molecule has 0 spiro atoms. The van der Waals surface area contributed by atoms with Crippen molar-refractivity contribution in [3.8, 4) is 11.5 Å². The number of phenols is 1. The van der Waals surface area contributed by atoms with Crippen LogP contribution in [0.3, 0.4) is 0 Å². The summed E-state index contributed by atoms with van der Waals surface area (Å²) in [7, 11) is 1.46. The number of methoxy groups -OCH3 is 1. The standard InChI is InChI=1S/C18H27NO5/c1-3-4-5-6-7-8-18(22)24-13-17(21)19-12-14-9-10-15(20)16(11-14)23-2/h9-11,20H,3-8,12-13H2,1-2H3,(H,19,21). The van der Waals surface area contributed by atoms with Gasteiger partial charge in [0.1, 0.15) is 0 Å². The molecular formula is C18H27NO5. The molecule has 0 aromatic heterocycles. The summed E-state index contributed by atoms with van der Waals surface area (Å²) in [6, 6.07) is 4.82. The van der Waals surface area contributed by atoms with E-state index in [-0.39, 0.29) is 30.8 Å². The Hall–Kier alpha value is -2.24. The Morgan fingerprint density at radius 3 is 2.62 bits per heavy atom. The van der Waals surface area contributed by atoms with Crippen LogP contribution in [-0.2, 0) is 20.9 Å². The van der Waals surface area contributed by atoms with E-state index < -0.39 is 0 Å². The average Bonchev–Trinajstić information content (AvgIpc) is 2.59. The van der Waals surface area contributed by atoms with E-state index in [1.165, 1.54) is 19.6 Å². The molecule has 0 saturated carbocycles. The Labute approximate surface area is 143 Å². The van der Waals surface area contributed by atoms with Crippen LogP contribution in [0.5, 0.6) is 11.5 Å². The van der Waals surface area contributed by atoms with Gasteiger partial charge in [-0.05, 0) is 24.1 Å². The van der Waals surface area contributed by atoms with Gasteiger partial charge in [-0.3, -0.25) is 9.59 Å². The highest BCUT2D eigenvalue weighted by Crippen LogP contribution is 2.26. The van der Waals surface area contributed by atoms with Crippen molar-refractivity contribution in [1.29, 1.82) is 0 Å². The normalized spacial score (nSPS) is 10.2. The molecule has 0 heterocycles. The predicted octanol–water partition coefficient (Wildman–Crippen LogP) is 2.92. The minimum absolute atomic E-state index is 0.0421. The number of amides is 1. The molecule has 1 amide bonds. The Balaban J connectivity index is 2.21. The molecule has 0 bridgehead atoms. The zero-order valence-electron chi connectivity index (χ0n) is 14.5. The molecule has 0 unspecified atom stereocenters. The maximum Gasteiger partial charge on any atom is 0.306 e. The van der Waals surface area contributed by atoms with Gasteiger partial charge in [-0.1, -0.05) is 38.7 Å². The van der Waals surface area contributed by atoms with E-state index in [4.69, 9.17) is 9.47 Å². The number of benzene rings is 1. The molecule has 6 heteroatoms. The van der Waals surface area contributed by atoms with Crippen LogP contribution >= 0.6 is 0 Å². The van der Waals surface area contributed by atoms with Crippen LogP contribution in [0.15, 0.2) is 18.2 Å². The van der Waals surface area contributed by atoms with Crippen LogP contribution in [0.1, 0.15) is 51.0 Å². The molecule has 0 aliphatic rings. The monoisotopic (exact) mass is 337 g/mol. The van der Waals surface area contributed by atoms with Gasteiger partial charge in [0, 0.05) is 13.0 Å². The third-order valence-electron chi connectivity index (χ3n) is 3.58. The summed E-state index contributed by atoms with van der Waals surface area (Å²) in [6.45, 7) is 2.13. The molecule has 0 saturated heterocycles. The summed E-state index contributed by atoms with van der Waals surface area (Å²) in [5.41, 5.74) is 0.778. The van der Waals surface area contributed by atoms with Crippen molar-refractivity contribution in [2.45, 2.75) is 52.0 Å². The molecule has 0 atom stereocenters. The zero-order chi connectivity index (χ0) is 17.8. The number of hydrogen-bond acceptors (Lipinski definition) is 5. The highest BCUT2D eigenvalue weighted by Gasteiger charge is 2.08. The van der Waals surface area contributed by atoms with E-state index in [0.29, 0.717) is 12.2 Å². The summed E-state index contributed by atoms with van der Waals surface area (Å²) in [5.74, 6) is -0.314. The van der Waals surface area contributed by atoms with Crippen molar-refractivity contribution in [1.82, 2.24) is 5.32 Å². The molecule has 1 aromatic carbocycles. The number of nitrogens with one attached hydrogen (secondary N) is 1. The summed E-state index contributed by atoms with van der Waals surface area (Å²) in [5, 5.41) is 12.2. The van der Waals surface area contributed by atoms with Crippen LogP contribution in [0, 0.1) is 0 Å². The number of aromatic hydroxyl groups is 1. The second kappa shape index (κ2) is 11.3. The van der Waals surface area contributed by atoms with E-state index in [9.17, 15) is 14.7 Å². The smallest absolute Gasteiger partial charge is 0.306 e. The van der Waals surface area contributed by atoms with E-state index in [1.54, 1.807) is 12.1 Å². The number of hydrogen-bond donors (Lipinski definition) is 2. The number of carbonyl (C=O) groups excluding carboxylic acids is 2. The maximum absolute atomic E-state index is 11.7.